The van der Waals surface area contributed by atoms with Gasteiger partial charge in [-0.2, -0.15) is 8.42 Å². The topological polar surface area (TPSA) is 201 Å². The maximum atomic E-state index is 8.74. The Morgan fingerprint density at radius 1 is 0.800 bits per heavy atom. The van der Waals surface area contributed by atoms with E-state index in [-0.39, 0.29) is 73.3 Å². The van der Waals surface area contributed by atoms with Crippen molar-refractivity contribution in [3.63, 3.8) is 0 Å². The summed E-state index contributed by atoms with van der Waals surface area (Å²) >= 11 is 0. The van der Waals surface area contributed by atoms with E-state index < -0.39 is 10.4 Å². The molecule has 0 spiro atoms. The molecule has 0 aliphatic carbocycles. The van der Waals surface area contributed by atoms with Crippen LogP contribution in [0.1, 0.15) is 0 Å². The molecular formula is H11KO8S. The molecule has 0 aromatic heterocycles. The minimum atomic E-state index is -4.67. The predicted molar refractivity (Wildman–Crippen MR) is 35.8 cm³/mol. The Morgan fingerprint density at radius 2 is 0.800 bits per heavy atom. The fraction of sp³-hybridized carbons (Fsp3) is 0. The molecule has 10 N–H and O–H groups in total. The van der Waals surface area contributed by atoms with Crippen LogP contribution in [-0.4, -0.2) is 90.8 Å². The van der Waals surface area contributed by atoms with Crippen LogP contribution >= 0.6 is 0 Å². The van der Waals surface area contributed by atoms with Gasteiger partial charge in [0.1, 0.15) is 0 Å². The molecule has 0 saturated carbocycles. The van der Waals surface area contributed by atoms with Crippen molar-refractivity contribution >= 4 is 61.8 Å². The van der Waals surface area contributed by atoms with Gasteiger partial charge < -0.3 is 21.9 Å². The summed E-state index contributed by atoms with van der Waals surface area (Å²) in [6.07, 6.45) is 0. The molecule has 0 radical (unpaired) electrons. The standard InChI is InChI=1S/K.H2O4S.4H2O.H/c;1-5(2,3)4;;;;;/h;(H2,1,2,3,4);4*1H2;. The van der Waals surface area contributed by atoms with Crippen molar-refractivity contribution in [2.75, 3.05) is 0 Å². The van der Waals surface area contributed by atoms with Gasteiger partial charge >= 0.3 is 61.8 Å². The van der Waals surface area contributed by atoms with Gasteiger partial charge in [-0.3, -0.25) is 9.11 Å². The molecule has 0 bridgehead atoms. The van der Waals surface area contributed by atoms with Crippen LogP contribution in [0.15, 0.2) is 0 Å². The Bertz CT molecular complexity index is 92.4. The molecule has 0 aromatic carbocycles. The van der Waals surface area contributed by atoms with Crippen molar-refractivity contribution < 1.29 is 39.4 Å². The van der Waals surface area contributed by atoms with Crippen LogP contribution in [0.3, 0.4) is 0 Å². The van der Waals surface area contributed by atoms with Gasteiger partial charge in [0.25, 0.3) is 0 Å². The minimum absolute atomic E-state index is 0. The third-order valence-electron chi connectivity index (χ3n) is 0. The van der Waals surface area contributed by atoms with Gasteiger partial charge in [-0.25, -0.2) is 0 Å². The van der Waals surface area contributed by atoms with E-state index in [0.717, 1.165) is 0 Å². The number of hydrogen-bond acceptors (Lipinski definition) is 2. The second kappa shape index (κ2) is 16.7. The van der Waals surface area contributed by atoms with Crippen molar-refractivity contribution in [1.82, 2.24) is 0 Å². The average Bonchev–Trinajstić information content (AvgIpc) is 0.722. The molecule has 0 saturated heterocycles. The van der Waals surface area contributed by atoms with Crippen LogP contribution in [0.5, 0.6) is 0 Å². The molecule has 0 heterocycles. The molecule has 0 amide bonds. The summed E-state index contributed by atoms with van der Waals surface area (Å²) < 4.78 is 31.6. The maximum absolute atomic E-state index is 8.74. The summed E-state index contributed by atoms with van der Waals surface area (Å²) in [5.74, 6) is 0. The zero-order valence-corrected chi connectivity index (χ0v) is 4.94. The molecule has 10 heavy (non-hydrogen) atoms. The van der Waals surface area contributed by atoms with Crippen LogP contribution in [0.4, 0.5) is 0 Å². The second-order valence-electron chi connectivity index (χ2n) is 0.448. The van der Waals surface area contributed by atoms with E-state index in [1.807, 2.05) is 0 Å². The quantitative estimate of drug-likeness (QED) is 0.299. The molecule has 0 aromatic rings. The third-order valence-corrected chi connectivity index (χ3v) is 0. The van der Waals surface area contributed by atoms with E-state index in [9.17, 15) is 0 Å². The van der Waals surface area contributed by atoms with Gasteiger partial charge in [-0.1, -0.05) is 0 Å². The molecule has 0 fully saturated rings. The Labute approximate surface area is 99.9 Å². The Morgan fingerprint density at radius 3 is 0.800 bits per heavy atom. The molecule has 0 aliphatic heterocycles. The van der Waals surface area contributed by atoms with E-state index in [1.54, 1.807) is 0 Å². The first-order valence-electron chi connectivity index (χ1n) is 0.698. The SMILES string of the molecule is O.O.O.O.O=S(=O)(O)O.[KH]. The van der Waals surface area contributed by atoms with E-state index >= 15 is 0 Å². The Kier molecular flexibility index (Phi) is 71.2. The van der Waals surface area contributed by atoms with Crippen LogP contribution in [0.2, 0.25) is 0 Å². The summed E-state index contributed by atoms with van der Waals surface area (Å²) in [5, 5.41) is 0. The first kappa shape index (κ1) is 42.5. The molecule has 0 rings (SSSR count). The normalized spacial score (nSPS) is 5.80. The summed E-state index contributed by atoms with van der Waals surface area (Å²) in [6.45, 7) is 0. The number of hydrogen-bond donors (Lipinski definition) is 2. The fourth-order valence-corrected chi connectivity index (χ4v) is 0. The van der Waals surface area contributed by atoms with Gasteiger partial charge in [0.05, 0.1) is 0 Å². The summed E-state index contributed by atoms with van der Waals surface area (Å²) in [4.78, 5) is 0. The van der Waals surface area contributed by atoms with Gasteiger partial charge in [-0.05, 0) is 0 Å². The fourth-order valence-electron chi connectivity index (χ4n) is 0. The van der Waals surface area contributed by atoms with Crippen molar-refractivity contribution in [3.8, 4) is 0 Å². The van der Waals surface area contributed by atoms with Crippen molar-refractivity contribution in [3.05, 3.63) is 0 Å². The predicted octanol–water partition coefficient (Wildman–Crippen LogP) is -4.60. The molecule has 0 aliphatic rings. The third kappa shape index (κ3) is 359. The van der Waals surface area contributed by atoms with Crippen LogP contribution in [0.25, 0.3) is 0 Å². The van der Waals surface area contributed by atoms with E-state index in [1.165, 1.54) is 0 Å². The monoisotopic (exact) mass is 210 g/mol. The van der Waals surface area contributed by atoms with Crippen molar-refractivity contribution in [2.24, 2.45) is 0 Å². The van der Waals surface area contributed by atoms with Gasteiger partial charge in [-0.15, -0.1) is 0 Å². The van der Waals surface area contributed by atoms with E-state index in [4.69, 9.17) is 17.5 Å². The number of rotatable bonds is 0. The molecular weight excluding hydrogens is 199 g/mol. The second-order valence-corrected chi connectivity index (χ2v) is 1.34. The van der Waals surface area contributed by atoms with Crippen molar-refractivity contribution in [2.45, 2.75) is 0 Å². The van der Waals surface area contributed by atoms with Crippen LogP contribution in [-0.2, 0) is 10.4 Å². The summed E-state index contributed by atoms with van der Waals surface area (Å²) in [5.41, 5.74) is 0. The molecule has 66 valence electrons. The molecule has 8 nitrogen and oxygen atoms in total. The van der Waals surface area contributed by atoms with Crippen LogP contribution < -0.4 is 0 Å². The zero-order valence-electron chi connectivity index (χ0n) is 4.12. The Hall–Kier alpha value is 1.35. The van der Waals surface area contributed by atoms with Gasteiger partial charge in [0.15, 0.2) is 0 Å². The molecule has 0 atom stereocenters. The van der Waals surface area contributed by atoms with Crippen molar-refractivity contribution in [1.29, 1.82) is 0 Å². The molecule has 10 heteroatoms. The van der Waals surface area contributed by atoms with Crippen LogP contribution in [0, 0.1) is 0 Å². The first-order valence-corrected chi connectivity index (χ1v) is 2.10. The van der Waals surface area contributed by atoms with Gasteiger partial charge in [0.2, 0.25) is 0 Å². The average molecular weight is 210 g/mol. The Balaban J connectivity index is -0.00000000800. The van der Waals surface area contributed by atoms with E-state index in [0.29, 0.717) is 0 Å². The van der Waals surface area contributed by atoms with E-state index in [2.05, 4.69) is 0 Å². The summed E-state index contributed by atoms with van der Waals surface area (Å²) in [6, 6.07) is 0. The zero-order chi connectivity index (χ0) is 4.50. The first-order chi connectivity index (χ1) is 2.00. The van der Waals surface area contributed by atoms with Gasteiger partial charge in [0, 0.05) is 0 Å². The molecule has 0 unspecified atom stereocenters. The summed E-state index contributed by atoms with van der Waals surface area (Å²) in [7, 11) is -4.67.